The molecule has 34 heavy (non-hydrogen) atoms. The predicted molar refractivity (Wildman–Crippen MR) is 124 cm³/mol. The van der Waals surface area contributed by atoms with Gasteiger partial charge in [-0.05, 0) is 50.1 Å². The molecule has 1 aromatic carbocycles. The van der Waals surface area contributed by atoms with E-state index in [1.54, 1.807) is 0 Å². The van der Waals surface area contributed by atoms with Gasteiger partial charge in [-0.15, -0.1) is 0 Å². The lowest BCUT2D eigenvalue weighted by atomic mass is 10.2. The lowest BCUT2D eigenvalue weighted by molar-refractivity contribution is 0.0497. The summed E-state index contributed by atoms with van der Waals surface area (Å²) in [4.78, 5) is 39.9. The largest absolute Gasteiger partial charge is 0.461 e. The van der Waals surface area contributed by atoms with Gasteiger partial charge in [0.25, 0.3) is 21.8 Å². The summed E-state index contributed by atoms with van der Waals surface area (Å²) >= 11 is 6.09. The van der Waals surface area contributed by atoms with Crippen molar-refractivity contribution in [2.45, 2.75) is 31.6 Å². The quantitative estimate of drug-likeness (QED) is 0.327. The third-order valence-electron chi connectivity index (χ3n) is 4.34. The van der Waals surface area contributed by atoms with Crippen molar-refractivity contribution in [1.29, 1.82) is 0 Å². The maximum Gasteiger partial charge on any atom is 0.356 e. The normalized spacial score (nSPS) is 11.0. The Labute approximate surface area is 203 Å². The van der Waals surface area contributed by atoms with Gasteiger partial charge >= 0.3 is 5.97 Å². The molecule has 2 rings (SSSR count). The molecule has 0 atom stereocenters. The van der Waals surface area contributed by atoms with E-state index in [0.717, 1.165) is 12.3 Å². The summed E-state index contributed by atoms with van der Waals surface area (Å²) in [6.45, 7) is 5.43. The highest BCUT2D eigenvalue weighted by molar-refractivity contribution is 7.90. The van der Waals surface area contributed by atoms with Crippen LogP contribution in [0.4, 0.5) is 0 Å². The molecule has 0 saturated carbocycles. The van der Waals surface area contributed by atoms with Crippen LogP contribution in [0, 0.1) is 0 Å². The highest BCUT2D eigenvalue weighted by atomic mass is 35.5. The summed E-state index contributed by atoms with van der Waals surface area (Å²) < 4.78 is 37.3. The lowest BCUT2D eigenvalue weighted by Crippen LogP contribution is -2.31. The first kappa shape index (κ1) is 27.2. The zero-order valence-corrected chi connectivity index (χ0v) is 20.4. The van der Waals surface area contributed by atoms with Gasteiger partial charge in [0.2, 0.25) is 0 Å². The lowest BCUT2D eigenvalue weighted by Gasteiger charge is -2.10. The Morgan fingerprint density at radius 2 is 1.76 bits per heavy atom. The van der Waals surface area contributed by atoms with Crippen molar-refractivity contribution in [2.24, 2.45) is 0 Å². The van der Waals surface area contributed by atoms with Crippen molar-refractivity contribution in [3.05, 3.63) is 58.4 Å². The fourth-order valence-electron chi connectivity index (χ4n) is 2.64. The molecule has 184 valence electrons. The number of hydrogen-bond acceptors (Lipinski definition) is 8. The maximum absolute atomic E-state index is 12.7. The van der Waals surface area contributed by atoms with Gasteiger partial charge in [-0.3, -0.25) is 9.59 Å². The molecule has 0 spiro atoms. The van der Waals surface area contributed by atoms with Crippen LogP contribution in [0.15, 0.2) is 41.4 Å². The first-order valence-corrected chi connectivity index (χ1v) is 12.4. The van der Waals surface area contributed by atoms with Gasteiger partial charge in [-0.2, -0.15) is 0 Å². The molecular weight excluding hydrogens is 486 g/mol. The molecule has 0 saturated heterocycles. The topological polar surface area (TPSA) is 141 Å². The van der Waals surface area contributed by atoms with Gasteiger partial charge < -0.3 is 14.8 Å². The highest BCUT2D eigenvalue weighted by Crippen LogP contribution is 2.23. The number of halogens is 1. The van der Waals surface area contributed by atoms with Gasteiger partial charge in [0.15, 0.2) is 0 Å². The molecule has 1 heterocycles. The van der Waals surface area contributed by atoms with Crippen molar-refractivity contribution >= 4 is 39.4 Å². The zero-order valence-electron chi connectivity index (χ0n) is 18.8. The van der Waals surface area contributed by atoms with E-state index in [-0.39, 0.29) is 33.3 Å². The summed E-state index contributed by atoms with van der Waals surface area (Å²) in [5.41, 5.74) is 0.0684. The number of carbonyl (C=O) groups excluding carboxylic acids is 3. The number of sulfonamides is 1. The second kappa shape index (κ2) is 13.0. The number of pyridine rings is 1. The molecule has 12 heteroatoms. The number of benzene rings is 1. The Balaban J connectivity index is 2.04. The van der Waals surface area contributed by atoms with Crippen molar-refractivity contribution in [1.82, 2.24) is 15.0 Å². The number of rotatable bonds is 12. The first-order valence-electron chi connectivity index (χ1n) is 10.6. The van der Waals surface area contributed by atoms with Gasteiger partial charge in [0, 0.05) is 31.5 Å². The molecule has 2 aromatic rings. The van der Waals surface area contributed by atoms with Crippen LogP contribution < -0.4 is 10.0 Å². The molecule has 0 bridgehead atoms. The first-order chi connectivity index (χ1) is 16.2. The third kappa shape index (κ3) is 7.79. The number of carbonyl (C=O) groups is 3. The van der Waals surface area contributed by atoms with Crippen LogP contribution in [0.1, 0.15) is 57.9 Å². The predicted octanol–water partition coefficient (Wildman–Crippen LogP) is 2.58. The summed E-state index contributed by atoms with van der Waals surface area (Å²) in [5, 5.41) is 2.46. The average molecular weight is 512 g/mol. The van der Waals surface area contributed by atoms with Crippen molar-refractivity contribution in [3.8, 4) is 0 Å². The second-order valence-electron chi connectivity index (χ2n) is 6.95. The number of nitrogens with zero attached hydrogens (tertiary/aromatic N) is 1. The number of ether oxygens (including phenoxy) is 2. The zero-order chi connectivity index (χ0) is 25.1. The Morgan fingerprint density at radius 3 is 2.38 bits per heavy atom. The summed E-state index contributed by atoms with van der Waals surface area (Å²) in [6.07, 6.45) is 2.34. The van der Waals surface area contributed by atoms with E-state index in [1.165, 1.54) is 24.3 Å². The Morgan fingerprint density at radius 1 is 1.03 bits per heavy atom. The SMILES string of the molecule is CCCOC(=O)c1ccc(C(=O)NS(=O)(=O)c2ccc(C(=O)NCCCOCC)cc2Cl)cn1. The van der Waals surface area contributed by atoms with E-state index in [9.17, 15) is 22.8 Å². The molecule has 0 unspecified atom stereocenters. The molecule has 0 radical (unpaired) electrons. The molecule has 0 fully saturated rings. The minimum atomic E-state index is -4.35. The number of nitrogens with one attached hydrogen (secondary N) is 2. The monoisotopic (exact) mass is 511 g/mol. The molecule has 1 aromatic heterocycles. The van der Waals surface area contributed by atoms with Crippen LogP contribution in [-0.4, -0.2) is 57.6 Å². The minimum absolute atomic E-state index is 0.0114. The fraction of sp³-hybridized carbons (Fsp3) is 0.364. The molecule has 0 aliphatic carbocycles. The van der Waals surface area contributed by atoms with Gasteiger partial charge in [-0.25, -0.2) is 22.9 Å². The van der Waals surface area contributed by atoms with Crippen LogP contribution in [0.25, 0.3) is 0 Å². The summed E-state index contributed by atoms with van der Waals surface area (Å²) in [6, 6.07) is 6.14. The van der Waals surface area contributed by atoms with Crippen LogP contribution in [0.3, 0.4) is 0 Å². The Hall–Kier alpha value is -3.02. The molecule has 10 nitrogen and oxygen atoms in total. The van der Waals surface area contributed by atoms with Crippen LogP contribution in [-0.2, 0) is 19.5 Å². The molecule has 2 amide bonds. The number of amides is 2. The number of aromatic nitrogens is 1. The Bertz CT molecular complexity index is 1120. The van der Waals surface area contributed by atoms with E-state index >= 15 is 0 Å². The number of hydrogen-bond donors (Lipinski definition) is 2. The van der Waals surface area contributed by atoms with Gasteiger partial charge in [-0.1, -0.05) is 18.5 Å². The van der Waals surface area contributed by atoms with E-state index < -0.39 is 27.8 Å². The molecule has 0 aliphatic rings. The molecule has 0 aliphatic heterocycles. The third-order valence-corrected chi connectivity index (χ3v) is 6.15. The molecular formula is C22H26ClN3O7S. The van der Waals surface area contributed by atoms with Crippen LogP contribution in [0.2, 0.25) is 5.02 Å². The molecule has 2 N–H and O–H groups in total. The Kier molecular flexibility index (Phi) is 10.4. The van der Waals surface area contributed by atoms with E-state index in [2.05, 4.69) is 10.3 Å². The minimum Gasteiger partial charge on any atom is -0.461 e. The smallest absolute Gasteiger partial charge is 0.356 e. The average Bonchev–Trinajstić information content (AvgIpc) is 2.81. The van der Waals surface area contributed by atoms with E-state index in [0.29, 0.717) is 32.6 Å². The van der Waals surface area contributed by atoms with Gasteiger partial charge in [0.1, 0.15) is 10.6 Å². The standard InChI is InChI=1S/C22H26ClN3O7S/c1-3-11-33-22(29)18-8-6-16(14-25-18)21(28)26-34(30,31)19-9-7-15(13-17(19)23)20(27)24-10-5-12-32-4-2/h6-9,13-14H,3-5,10-12H2,1-2H3,(H,24,27)(H,26,28). The van der Waals surface area contributed by atoms with Crippen molar-refractivity contribution in [2.75, 3.05) is 26.4 Å². The van der Waals surface area contributed by atoms with Crippen molar-refractivity contribution < 1.29 is 32.3 Å². The van der Waals surface area contributed by atoms with E-state index in [4.69, 9.17) is 21.1 Å². The van der Waals surface area contributed by atoms with Crippen LogP contribution >= 0.6 is 11.6 Å². The maximum atomic E-state index is 12.7. The van der Waals surface area contributed by atoms with E-state index in [1.807, 2.05) is 18.6 Å². The highest BCUT2D eigenvalue weighted by Gasteiger charge is 2.23. The summed E-state index contributed by atoms with van der Waals surface area (Å²) in [7, 11) is -4.35. The van der Waals surface area contributed by atoms with Crippen molar-refractivity contribution in [3.63, 3.8) is 0 Å². The second-order valence-corrected chi connectivity index (χ2v) is 9.01. The van der Waals surface area contributed by atoms with Gasteiger partial charge in [0.05, 0.1) is 17.2 Å². The number of esters is 1. The fourth-order valence-corrected chi connectivity index (χ4v) is 4.16. The summed E-state index contributed by atoms with van der Waals surface area (Å²) in [5.74, 6) is -2.03. The van der Waals surface area contributed by atoms with Crippen LogP contribution in [0.5, 0.6) is 0 Å².